The normalized spacial score (nSPS) is 17.9. The number of hydrogen-bond donors (Lipinski definition) is 3. The van der Waals surface area contributed by atoms with E-state index in [-0.39, 0.29) is 39.6 Å². The van der Waals surface area contributed by atoms with E-state index in [0.717, 1.165) is 19.4 Å². The van der Waals surface area contributed by atoms with Crippen LogP contribution in [0.25, 0.3) is 0 Å². The van der Waals surface area contributed by atoms with E-state index >= 15 is 0 Å². The summed E-state index contributed by atoms with van der Waals surface area (Å²) in [4.78, 5) is 12.4. The van der Waals surface area contributed by atoms with Gasteiger partial charge in [-0.25, -0.2) is 8.42 Å². The molecular formula is C15H23N3O4S. The number of carbonyl (C=O) groups excluding carboxylic acids is 1. The number of carbonyl (C=O) groups is 1. The molecule has 0 bridgehead atoms. The second-order valence-electron chi connectivity index (χ2n) is 5.50. The molecule has 2 rings (SSSR count). The Hall–Kier alpha value is -1.80. The van der Waals surface area contributed by atoms with Gasteiger partial charge >= 0.3 is 0 Å². The van der Waals surface area contributed by atoms with Crippen LogP contribution in [0.3, 0.4) is 0 Å². The summed E-state index contributed by atoms with van der Waals surface area (Å²) in [5.41, 5.74) is 6.05. The molecule has 7 nitrogen and oxygen atoms in total. The van der Waals surface area contributed by atoms with Crippen molar-refractivity contribution in [3.63, 3.8) is 0 Å². The van der Waals surface area contributed by atoms with Crippen molar-refractivity contribution in [1.29, 1.82) is 0 Å². The highest BCUT2D eigenvalue weighted by atomic mass is 32.2. The van der Waals surface area contributed by atoms with E-state index in [0.29, 0.717) is 6.54 Å². The Labute approximate surface area is 136 Å². The van der Waals surface area contributed by atoms with Crippen LogP contribution in [0.5, 0.6) is 5.75 Å². The lowest BCUT2D eigenvalue weighted by Gasteiger charge is -2.15. The minimum absolute atomic E-state index is 0.0371. The summed E-state index contributed by atoms with van der Waals surface area (Å²) in [6, 6.07) is 2.92. The molecule has 1 fully saturated rings. The molecule has 8 heteroatoms. The number of ether oxygens (including phenoxy) is 1. The summed E-state index contributed by atoms with van der Waals surface area (Å²) in [5.74, 6) is -0.200. The molecule has 1 aliphatic heterocycles. The minimum atomic E-state index is -3.51. The fraction of sp³-hybridized carbons (Fsp3) is 0.533. The average Bonchev–Trinajstić information content (AvgIpc) is 3.05. The zero-order chi connectivity index (χ0) is 17.0. The second kappa shape index (κ2) is 7.18. The number of nitrogens with two attached hydrogens (primary N) is 1. The van der Waals surface area contributed by atoms with Crippen molar-refractivity contribution in [2.45, 2.75) is 30.7 Å². The van der Waals surface area contributed by atoms with E-state index < -0.39 is 9.84 Å². The smallest absolute Gasteiger partial charge is 0.255 e. The molecule has 0 unspecified atom stereocenters. The lowest BCUT2D eigenvalue weighted by molar-refractivity contribution is 0.0947. The van der Waals surface area contributed by atoms with Crippen LogP contribution in [0.4, 0.5) is 5.69 Å². The first kappa shape index (κ1) is 17.6. The molecule has 1 aliphatic rings. The molecule has 1 amide bonds. The quantitative estimate of drug-likeness (QED) is 0.652. The third kappa shape index (κ3) is 3.94. The standard InChI is InChI=1S/C15H23N3O4S/c1-3-23(20,21)14-7-11(13(22-2)8-12(14)16)15(19)18-9-10-5-4-6-17-10/h7-8,10,17H,3-6,9,16H2,1-2H3,(H,18,19)/t10-/m0/s1. The zero-order valence-electron chi connectivity index (χ0n) is 13.4. The van der Waals surface area contributed by atoms with E-state index in [1.165, 1.54) is 26.2 Å². The summed E-state index contributed by atoms with van der Waals surface area (Å²) < 4.78 is 29.4. The van der Waals surface area contributed by atoms with Crippen LogP contribution in [0.15, 0.2) is 17.0 Å². The predicted molar refractivity (Wildman–Crippen MR) is 88.5 cm³/mol. The van der Waals surface area contributed by atoms with Crippen LogP contribution < -0.4 is 21.1 Å². The van der Waals surface area contributed by atoms with Gasteiger partial charge in [-0.3, -0.25) is 4.79 Å². The number of benzene rings is 1. The van der Waals surface area contributed by atoms with Gasteiger partial charge in [-0.05, 0) is 25.5 Å². The van der Waals surface area contributed by atoms with Crippen LogP contribution >= 0.6 is 0 Å². The molecule has 1 aromatic rings. The highest BCUT2D eigenvalue weighted by molar-refractivity contribution is 7.91. The van der Waals surface area contributed by atoms with Crippen LogP contribution in [-0.4, -0.2) is 46.3 Å². The van der Waals surface area contributed by atoms with Gasteiger partial charge < -0.3 is 21.1 Å². The molecule has 0 aromatic heterocycles. The van der Waals surface area contributed by atoms with Crippen molar-refractivity contribution >= 4 is 21.4 Å². The predicted octanol–water partition coefficient (Wildman–Crippen LogP) is 0.553. The molecule has 23 heavy (non-hydrogen) atoms. The molecule has 0 saturated carbocycles. The fourth-order valence-corrected chi connectivity index (χ4v) is 3.62. The lowest BCUT2D eigenvalue weighted by atomic mass is 10.1. The van der Waals surface area contributed by atoms with E-state index in [2.05, 4.69) is 10.6 Å². The van der Waals surface area contributed by atoms with Gasteiger partial charge in [0.15, 0.2) is 9.84 Å². The largest absolute Gasteiger partial charge is 0.496 e. The Kier molecular flexibility index (Phi) is 5.48. The van der Waals surface area contributed by atoms with E-state index in [1.807, 2.05) is 0 Å². The molecule has 128 valence electrons. The Bertz CT molecular complexity index is 682. The van der Waals surface area contributed by atoms with Gasteiger partial charge in [0.1, 0.15) is 5.75 Å². The maximum atomic E-state index is 12.4. The SMILES string of the molecule is CCS(=O)(=O)c1cc(C(=O)NC[C@@H]2CCCN2)c(OC)cc1N. The molecule has 1 atom stereocenters. The Balaban J connectivity index is 2.28. The lowest BCUT2D eigenvalue weighted by Crippen LogP contribution is -2.37. The number of hydrogen-bond acceptors (Lipinski definition) is 6. The van der Waals surface area contributed by atoms with Crippen LogP contribution in [0.2, 0.25) is 0 Å². The van der Waals surface area contributed by atoms with Gasteiger partial charge in [0.05, 0.1) is 29.0 Å². The summed E-state index contributed by atoms with van der Waals surface area (Å²) in [7, 11) is -2.10. The Morgan fingerprint density at radius 2 is 2.22 bits per heavy atom. The zero-order valence-corrected chi connectivity index (χ0v) is 14.2. The average molecular weight is 341 g/mol. The number of amides is 1. The van der Waals surface area contributed by atoms with Gasteiger partial charge in [-0.1, -0.05) is 6.92 Å². The van der Waals surface area contributed by atoms with E-state index in [9.17, 15) is 13.2 Å². The third-order valence-corrected chi connectivity index (χ3v) is 5.75. The first-order valence-corrected chi connectivity index (χ1v) is 9.26. The summed E-state index contributed by atoms with van der Waals surface area (Å²) in [5, 5.41) is 6.10. The molecule has 1 heterocycles. The monoisotopic (exact) mass is 341 g/mol. The van der Waals surface area contributed by atoms with Gasteiger partial charge in [-0.15, -0.1) is 0 Å². The minimum Gasteiger partial charge on any atom is -0.496 e. The second-order valence-corrected chi connectivity index (χ2v) is 7.74. The van der Waals surface area contributed by atoms with Crippen LogP contribution in [0.1, 0.15) is 30.1 Å². The highest BCUT2D eigenvalue weighted by Gasteiger charge is 2.23. The first-order valence-electron chi connectivity index (χ1n) is 7.61. The number of nitrogen functional groups attached to an aromatic ring is 1. The van der Waals surface area contributed by atoms with Gasteiger partial charge in [0, 0.05) is 18.7 Å². The fourth-order valence-electron chi connectivity index (χ4n) is 2.59. The third-order valence-electron chi connectivity index (χ3n) is 3.96. The van der Waals surface area contributed by atoms with Crippen LogP contribution in [0, 0.1) is 0 Å². The number of nitrogens with one attached hydrogen (secondary N) is 2. The van der Waals surface area contributed by atoms with Crippen molar-refractivity contribution in [2.75, 3.05) is 31.7 Å². The molecule has 1 saturated heterocycles. The number of rotatable bonds is 6. The maximum absolute atomic E-state index is 12.4. The maximum Gasteiger partial charge on any atom is 0.255 e. The van der Waals surface area contributed by atoms with Gasteiger partial charge in [0.2, 0.25) is 0 Å². The molecular weight excluding hydrogens is 318 g/mol. The molecule has 0 radical (unpaired) electrons. The molecule has 0 aliphatic carbocycles. The van der Waals surface area contributed by atoms with Crippen molar-refractivity contribution in [3.05, 3.63) is 17.7 Å². The van der Waals surface area contributed by atoms with E-state index in [1.54, 1.807) is 0 Å². The van der Waals surface area contributed by atoms with Crippen molar-refractivity contribution in [3.8, 4) is 5.75 Å². The van der Waals surface area contributed by atoms with Crippen molar-refractivity contribution in [2.24, 2.45) is 0 Å². The number of anilines is 1. The van der Waals surface area contributed by atoms with Crippen LogP contribution in [-0.2, 0) is 9.84 Å². The Morgan fingerprint density at radius 3 is 2.78 bits per heavy atom. The summed E-state index contributed by atoms with van der Waals surface area (Å²) >= 11 is 0. The number of methoxy groups -OCH3 is 1. The van der Waals surface area contributed by atoms with Gasteiger partial charge in [-0.2, -0.15) is 0 Å². The highest BCUT2D eigenvalue weighted by Crippen LogP contribution is 2.29. The summed E-state index contributed by atoms with van der Waals surface area (Å²) in [6.07, 6.45) is 2.10. The summed E-state index contributed by atoms with van der Waals surface area (Å²) in [6.45, 7) is 2.97. The molecule has 4 N–H and O–H groups in total. The topological polar surface area (TPSA) is 111 Å². The van der Waals surface area contributed by atoms with Crippen molar-refractivity contribution < 1.29 is 17.9 Å². The first-order chi connectivity index (χ1) is 10.9. The van der Waals surface area contributed by atoms with Gasteiger partial charge in [0.25, 0.3) is 5.91 Å². The van der Waals surface area contributed by atoms with Crippen molar-refractivity contribution in [1.82, 2.24) is 10.6 Å². The molecule has 0 spiro atoms. The number of sulfone groups is 1. The Morgan fingerprint density at radius 1 is 1.48 bits per heavy atom. The molecule has 1 aromatic carbocycles. The van der Waals surface area contributed by atoms with E-state index in [4.69, 9.17) is 10.5 Å².